The number of rotatable bonds is 6. The minimum absolute atomic E-state index is 0.622. The molecule has 0 fully saturated rings. The van der Waals surface area contributed by atoms with Crippen LogP contribution >= 0.6 is 0 Å². The topological polar surface area (TPSA) is 78.6 Å². The molecule has 0 aliphatic carbocycles. The zero-order chi connectivity index (χ0) is 15.1. The molecule has 4 N–H and O–H groups in total. The second kappa shape index (κ2) is 7.24. The van der Waals surface area contributed by atoms with Crippen molar-refractivity contribution in [3.63, 3.8) is 0 Å². The number of nitrogens with one attached hydrogen (secondary N) is 2. The lowest BCUT2D eigenvalue weighted by Gasteiger charge is -2.01. The quantitative estimate of drug-likeness (QED) is 0.556. The van der Waals surface area contributed by atoms with E-state index in [-0.39, 0.29) is 0 Å². The lowest BCUT2D eigenvalue weighted by atomic mass is 10.1. The van der Waals surface area contributed by atoms with Gasteiger partial charge < -0.3 is 16.1 Å². The lowest BCUT2D eigenvalue weighted by molar-refractivity contribution is 1.15. The number of nitrogens with zero attached hydrogens (tertiary/aromatic N) is 1. The number of fused-ring (bicyclic) bond motifs is 1. The van der Waals surface area contributed by atoms with E-state index in [0.29, 0.717) is 6.42 Å². The van der Waals surface area contributed by atoms with Crippen LogP contribution in [0.1, 0.15) is 25.6 Å². The van der Waals surface area contributed by atoms with Crippen LogP contribution in [0.4, 0.5) is 0 Å². The molecule has 1 aromatic heterocycles. The van der Waals surface area contributed by atoms with Crippen LogP contribution in [0.25, 0.3) is 16.6 Å². The molecule has 0 atom stereocenters. The maximum absolute atomic E-state index is 6.95. The standard InChI is InChI=1S/C17H20N4/c1-2-7-13(12-14(19)8-5-6-11-18)17-20-15-9-3-4-10-16(15)21-17/h3-7,9-12,18H,2,8,19H2,1H3,(H,20,21)/b6-5-,13-7+,14-12-,18-11?. The van der Waals surface area contributed by atoms with Crippen LogP contribution in [0.3, 0.4) is 0 Å². The Balaban J connectivity index is 2.30. The molecule has 0 saturated heterocycles. The summed E-state index contributed by atoms with van der Waals surface area (Å²) in [6.45, 7) is 2.08. The lowest BCUT2D eigenvalue weighted by Crippen LogP contribution is -1.97. The number of nitrogens with two attached hydrogens (primary N) is 1. The third-order valence-corrected chi connectivity index (χ3v) is 3.01. The smallest absolute Gasteiger partial charge is 0.138 e. The Kier molecular flexibility index (Phi) is 5.10. The Morgan fingerprint density at radius 3 is 2.90 bits per heavy atom. The first-order valence-electron chi connectivity index (χ1n) is 7.01. The Morgan fingerprint density at radius 1 is 1.38 bits per heavy atom. The van der Waals surface area contributed by atoms with E-state index in [1.54, 1.807) is 6.08 Å². The van der Waals surface area contributed by atoms with Gasteiger partial charge in [0.25, 0.3) is 0 Å². The highest BCUT2D eigenvalue weighted by Gasteiger charge is 2.05. The number of hydrogen-bond donors (Lipinski definition) is 3. The van der Waals surface area contributed by atoms with Gasteiger partial charge in [-0.3, -0.25) is 0 Å². The number of imidazole rings is 1. The molecule has 0 aliphatic rings. The van der Waals surface area contributed by atoms with Gasteiger partial charge in [0.15, 0.2) is 0 Å². The van der Waals surface area contributed by atoms with Gasteiger partial charge in [0.1, 0.15) is 5.82 Å². The number of benzene rings is 1. The molecule has 1 aromatic carbocycles. The summed E-state index contributed by atoms with van der Waals surface area (Å²) in [4.78, 5) is 7.92. The minimum Gasteiger partial charge on any atom is -0.402 e. The van der Waals surface area contributed by atoms with Gasteiger partial charge in [0.05, 0.1) is 11.0 Å². The summed E-state index contributed by atoms with van der Waals surface area (Å²) in [6.07, 6.45) is 10.4. The minimum atomic E-state index is 0.622. The van der Waals surface area contributed by atoms with Crippen molar-refractivity contribution in [1.82, 2.24) is 9.97 Å². The molecule has 0 unspecified atom stereocenters. The molecule has 0 saturated carbocycles. The number of allylic oxidation sites excluding steroid dienone is 5. The fourth-order valence-electron chi connectivity index (χ4n) is 2.06. The molecule has 2 aromatic rings. The van der Waals surface area contributed by atoms with Crippen molar-refractivity contribution in [3.8, 4) is 0 Å². The van der Waals surface area contributed by atoms with Gasteiger partial charge >= 0.3 is 0 Å². The van der Waals surface area contributed by atoms with Crippen molar-refractivity contribution in [2.24, 2.45) is 5.73 Å². The summed E-state index contributed by atoms with van der Waals surface area (Å²) >= 11 is 0. The average Bonchev–Trinajstić information content (AvgIpc) is 2.91. The van der Waals surface area contributed by atoms with Gasteiger partial charge in [-0.2, -0.15) is 0 Å². The Hall–Kier alpha value is -2.62. The summed E-state index contributed by atoms with van der Waals surface area (Å²) < 4.78 is 0. The molecule has 21 heavy (non-hydrogen) atoms. The van der Waals surface area contributed by atoms with Crippen LogP contribution in [-0.4, -0.2) is 16.2 Å². The Morgan fingerprint density at radius 2 is 2.19 bits per heavy atom. The molecule has 0 amide bonds. The highest BCUT2D eigenvalue weighted by molar-refractivity contribution is 5.81. The van der Waals surface area contributed by atoms with Crippen molar-refractivity contribution in [3.05, 3.63) is 60.1 Å². The predicted molar refractivity (Wildman–Crippen MR) is 89.2 cm³/mol. The average molecular weight is 280 g/mol. The third-order valence-electron chi connectivity index (χ3n) is 3.01. The first kappa shape index (κ1) is 14.8. The van der Waals surface area contributed by atoms with E-state index in [2.05, 4.69) is 23.0 Å². The second-order valence-electron chi connectivity index (χ2n) is 4.69. The second-order valence-corrected chi connectivity index (χ2v) is 4.69. The number of aromatic nitrogens is 2. The normalized spacial score (nSPS) is 13.2. The molecule has 0 radical (unpaired) electrons. The van der Waals surface area contributed by atoms with Gasteiger partial charge in [0.2, 0.25) is 0 Å². The summed E-state index contributed by atoms with van der Waals surface area (Å²) in [7, 11) is 0. The number of aromatic amines is 1. The highest BCUT2D eigenvalue weighted by Crippen LogP contribution is 2.19. The van der Waals surface area contributed by atoms with Gasteiger partial charge in [-0.15, -0.1) is 0 Å². The zero-order valence-electron chi connectivity index (χ0n) is 12.1. The largest absolute Gasteiger partial charge is 0.402 e. The van der Waals surface area contributed by atoms with Gasteiger partial charge in [-0.05, 0) is 30.7 Å². The summed E-state index contributed by atoms with van der Waals surface area (Å²) in [5.74, 6) is 0.831. The van der Waals surface area contributed by atoms with Crippen LogP contribution in [0.2, 0.25) is 0 Å². The molecule has 4 nitrogen and oxygen atoms in total. The first-order chi connectivity index (χ1) is 10.2. The van der Waals surface area contributed by atoms with Gasteiger partial charge in [-0.25, -0.2) is 4.98 Å². The van der Waals surface area contributed by atoms with Gasteiger partial charge in [-0.1, -0.05) is 31.2 Å². The van der Waals surface area contributed by atoms with E-state index in [0.717, 1.165) is 34.5 Å². The van der Waals surface area contributed by atoms with E-state index >= 15 is 0 Å². The van der Waals surface area contributed by atoms with Crippen LogP contribution in [0, 0.1) is 5.41 Å². The molecular weight excluding hydrogens is 260 g/mol. The van der Waals surface area contributed by atoms with E-state index in [1.165, 1.54) is 6.21 Å². The summed E-state index contributed by atoms with van der Waals surface area (Å²) in [5, 5.41) is 6.95. The predicted octanol–water partition coefficient (Wildman–Crippen LogP) is 3.79. The van der Waals surface area contributed by atoms with Crippen molar-refractivity contribution in [2.45, 2.75) is 19.8 Å². The number of para-hydroxylation sites is 2. The Labute approximate surface area is 124 Å². The first-order valence-corrected chi connectivity index (χ1v) is 7.01. The monoisotopic (exact) mass is 280 g/mol. The van der Waals surface area contributed by atoms with Crippen LogP contribution in [-0.2, 0) is 0 Å². The molecule has 0 bridgehead atoms. The fraction of sp³-hybridized carbons (Fsp3) is 0.176. The molecule has 4 heteroatoms. The van der Waals surface area contributed by atoms with Crippen molar-refractivity contribution < 1.29 is 0 Å². The molecule has 2 rings (SSSR count). The Bertz CT molecular complexity index is 671. The molecule has 0 spiro atoms. The van der Waals surface area contributed by atoms with E-state index < -0.39 is 0 Å². The van der Waals surface area contributed by atoms with E-state index in [9.17, 15) is 0 Å². The number of H-pyrrole nitrogens is 1. The van der Waals surface area contributed by atoms with Crippen molar-refractivity contribution in [2.75, 3.05) is 0 Å². The maximum Gasteiger partial charge on any atom is 0.138 e. The molecule has 1 heterocycles. The maximum atomic E-state index is 6.95. The van der Waals surface area contributed by atoms with Crippen LogP contribution in [0.15, 0.2) is 54.3 Å². The zero-order valence-corrected chi connectivity index (χ0v) is 12.1. The summed E-state index contributed by atoms with van der Waals surface area (Å²) in [6, 6.07) is 7.95. The van der Waals surface area contributed by atoms with Crippen LogP contribution < -0.4 is 5.73 Å². The van der Waals surface area contributed by atoms with Crippen LogP contribution in [0.5, 0.6) is 0 Å². The molecule has 0 aliphatic heterocycles. The number of hydrogen-bond acceptors (Lipinski definition) is 3. The molecule has 108 valence electrons. The molecular formula is C17H20N4. The summed E-state index contributed by atoms with van der Waals surface area (Å²) in [5.41, 5.74) is 9.74. The van der Waals surface area contributed by atoms with Crippen molar-refractivity contribution >= 4 is 22.8 Å². The SMILES string of the molecule is CC/C=C(\C=C(/N)C/C=C\C=N)c1nc2ccccc2[nH]1. The fourth-order valence-corrected chi connectivity index (χ4v) is 2.06. The highest BCUT2D eigenvalue weighted by atomic mass is 14.9. The third kappa shape index (κ3) is 3.92. The van der Waals surface area contributed by atoms with Gasteiger partial charge in [0, 0.05) is 23.9 Å². The van der Waals surface area contributed by atoms with E-state index in [4.69, 9.17) is 11.1 Å². The van der Waals surface area contributed by atoms with E-state index in [1.807, 2.05) is 36.4 Å². The van der Waals surface area contributed by atoms with Crippen molar-refractivity contribution in [1.29, 1.82) is 5.41 Å².